The maximum absolute atomic E-state index is 10.8. The van der Waals surface area contributed by atoms with E-state index in [2.05, 4.69) is 4.74 Å². The van der Waals surface area contributed by atoms with Gasteiger partial charge in [0, 0.05) is 0 Å². The van der Waals surface area contributed by atoms with E-state index in [-0.39, 0.29) is 11.8 Å². The van der Waals surface area contributed by atoms with Crippen molar-refractivity contribution in [3.8, 4) is 0 Å². The second kappa shape index (κ2) is 4.27. The molecule has 0 rings (SSSR count). The fourth-order valence-corrected chi connectivity index (χ4v) is 0.909. The van der Waals surface area contributed by atoms with Crippen LogP contribution in [-0.4, -0.2) is 29.7 Å². The van der Waals surface area contributed by atoms with Crippen LogP contribution in [0, 0.1) is 0 Å². The number of esters is 1. The van der Waals surface area contributed by atoms with Gasteiger partial charge in [-0.05, 0) is 0 Å². The number of ether oxygens (including phenoxy) is 1. The molecule has 0 N–H and O–H groups in total. The highest BCUT2D eigenvalue weighted by atomic mass is 35.5. The molecule has 0 aromatic rings. The molecule has 0 saturated heterocycles. The van der Waals surface area contributed by atoms with Crippen LogP contribution in [0.4, 0.5) is 0 Å². The van der Waals surface area contributed by atoms with Gasteiger partial charge in [0.2, 0.25) is 0 Å². The summed E-state index contributed by atoms with van der Waals surface area (Å²) >= 11 is 16.4. The quantitative estimate of drug-likeness (QED) is 0.517. The van der Waals surface area contributed by atoms with E-state index in [1.54, 1.807) is 0 Å². The van der Waals surface area contributed by atoms with Gasteiger partial charge in [0.05, 0.1) is 18.9 Å². The molecule has 0 aromatic carbocycles. The average Bonchev–Trinajstić information content (AvgIpc) is 2.01. The van der Waals surface area contributed by atoms with Crippen LogP contribution in [0.5, 0.6) is 0 Å². The van der Waals surface area contributed by atoms with Gasteiger partial charge >= 0.3 is 5.97 Å². The SMILES string of the molecule is COC(=O)C(Cl)(CCl)CCl. The average molecular weight is 205 g/mol. The first-order valence-electron chi connectivity index (χ1n) is 2.50. The van der Waals surface area contributed by atoms with Gasteiger partial charge in [-0.2, -0.15) is 0 Å². The van der Waals surface area contributed by atoms with E-state index in [0.717, 1.165) is 0 Å². The number of carbonyl (C=O) groups is 1. The molecule has 0 amide bonds. The summed E-state index contributed by atoms with van der Waals surface area (Å²) in [7, 11) is 1.23. The first-order chi connectivity index (χ1) is 4.60. The molecule has 5 heteroatoms. The Labute approximate surface area is 74.4 Å². The molecule has 0 radical (unpaired) electrons. The molecule has 0 saturated carbocycles. The molecule has 2 nitrogen and oxygen atoms in total. The lowest BCUT2D eigenvalue weighted by Gasteiger charge is -2.17. The summed E-state index contributed by atoms with van der Waals surface area (Å²) in [6, 6.07) is 0. The van der Waals surface area contributed by atoms with Gasteiger partial charge in [-0.25, -0.2) is 0 Å². The summed E-state index contributed by atoms with van der Waals surface area (Å²) in [6.07, 6.45) is 0. The minimum Gasteiger partial charge on any atom is -0.468 e. The van der Waals surface area contributed by atoms with Gasteiger partial charge in [-0.15, -0.1) is 34.8 Å². The normalized spacial score (nSPS) is 11.2. The fourth-order valence-electron chi connectivity index (χ4n) is 0.328. The van der Waals surface area contributed by atoms with Gasteiger partial charge in [0.15, 0.2) is 4.87 Å². The Kier molecular flexibility index (Phi) is 4.41. The summed E-state index contributed by atoms with van der Waals surface area (Å²) < 4.78 is 4.36. The van der Waals surface area contributed by atoms with E-state index in [1.165, 1.54) is 7.11 Å². The second-order valence-corrected chi connectivity index (χ2v) is 2.98. The Bertz CT molecular complexity index is 122. The lowest BCUT2D eigenvalue weighted by molar-refractivity contribution is -0.142. The van der Waals surface area contributed by atoms with Crippen molar-refractivity contribution in [1.82, 2.24) is 0 Å². The molecule has 60 valence electrons. The lowest BCUT2D eigenvalue weighted by atomic mass is 10.2. The molecule has 0 unspecified atom stereocenters. The van der Waals surface area contributed by atoms with Crippen molar-refractivity contribution in [3.05, 3.63) is 0 Å². The number of rotatable bonds is 3. The van der Waals surface area contributed by atoms with E-state index < -0.39 is 10.8 Å². The summed E-state index contributed by atoms with van der Waals surface area (Å²) in [6.45, 7) is 0. The van der Waals surface area contributed by atoms with Crippen LogP contribution in [0.25, 0.3) is 0 Å². The Morgan fingerprint density at radius 1 is 1.50 bits per heavy atom. The van der Waals surface area contributed by atoms with E-state index in [1.807, 2.05) is 0 Å². The van der Waals surface area contributed by atoms with Crippen molar-refractivity contribution in [1.29, 1.82) is 0 Å². The number of hydrogen-bond acceptors (Lipinski definition) is 2. The highest BCUT2D eigenvalue weighted by Crippen LogP contribution is 2.20. The number of methoxy groups -OCH3 is 1. The predicted octanol–water partition coefficient (Wildman–Crippen LogP) is 1.61. The number of hydrogen-bond donors (Lipinski definition) is 0. The van der Waals surface area contributed by atoms with Crippen LogP contribution in [0.2, 0.25) is 0 Å². The Balaban J connectivity index is 4.17. The highest BCUT2D eigenvalue weighted by molar-refractivity contribution is 6.42. The topological polar surface area (TPSA) is 26.3 Å². The van der Waals surface area contributed by atoms with Crippen LogP contribution in [0.1, 0.15) is 0 Å². The van der Waals surface area contributed by atoms with E-state index in [9.17, 15) is 4.79 Å². The molecule has 0 heterocycles. The first-order valence-corrected chi connectivity index (χ1v) is 3.94. The summed E-state index contributed by atoms with van der Waals surface area (Å²) in [4.78, 5) is 9.51. The molecule has 0 aliphatic heterocycles. The van der Waals surface area contributed by atoms with E-state index in [4.69, 9.17) is 34.8 Å². The zero-order valence-electron chi connectivity index (χ0n) is 5.36. The predicted molar refractivity (Wildman–Crippen MR) is 42.0 cm³/mol. The van der Waals surface area contributed by atoms with Crippen LogP contribution in [0.15, 0.2) is 0 Å². The van der Waals surface area contributed by atoms with Crippen molar-refractivity contribution in [3.63, 3.8) is 0 Å². The van der Waals surface area contributed by atoms with Crippen LogP contribution >= 0.6 is 34.8 Å². The summed E-state index contributed by atoms with van der Waals surface area (Å²) in [5.74, 6) is -0.700. The van der Waals surface area contributed by atoms with Crippen molar-refractivity contribution in [2.45, 2.75) is 4.87 Å². The molecule has 0 bridgehead atoms. The Morgan fingerprint density at radius 3 is 2.00 bits per heavy atom. The van der Waals surface area contributed by atoms with Crippen molar-refractivity contribution in [2.24, 2.45) is 0 Å². The maximum Gasteiger partial charge on any atom is 0.329 e. The van der Waals surface area contributed by atoms with Gasteiger partial charge in [-0.1, -0.05) is 0 Å². The molecule has 0 atom stereocenters. The number of alkyl halides is 3. The van der Waals surface area contributed by atoms with Gasteiger partial charge in [-0.3, -0.25) is 4.79 Å². The fraction of sp³-hybridized carbons (Fsp3) is 0.800. The third kappa shape index (κ3) is 2.19. The minimum atomic E-state index is -1.27. The number of carbonyl (C=O) groups excluding carboxylic acids is 1. The standard InChI is InChI=1S/C5H7Cl3O2/c1-10-4(9)5(8,2-6)3-7/h2-3H2,1H3. The zero-order valence-corrected chi connectivity index (χ0v) is 7.63. The van der Waals surface area contributed by atoms with E-state index >= 15 is 0 Å². The third-order valence-electron chi connectivity index (χ3n) is 0.975. The minimum absolute atomic E-state index is 0.0509. The van der Waals surface area contributed by atoms with Gasteiger partial charge < -0.3 is 4.74 Å². The van der Waals surface area contributed by atoms with Crippen molar-refractivity contribution < 1.29 is 9.53 Å². The van der Waals surface area contributed by atoms with Crippen LogP contribution in [-0.2, 0) is 9.53 Å². The molecule has 0 fully saturated rings. The Hall–Kier alpha value is 0.340. The first kappa shape index (κ1) is 10.3. The molecule has 0 aliphatic rings. The molecule has 0 spiro atoms. The van der Waals surface area contributed by atoms with Crippen LogP contribution < -0.4 is 0 Å². The molecular weight excluding hydrogens is 198 g/mol. The monoisotopic (exact) mass is 204 g/mol. The lowest BCUT2D eigenvalue weighted by Crippen LogP contribution is -2.37. The molecule has 0 aliphatic carbocycles. The number of halogens is 3. The third-order valence-corrected chi connectivity index (χ3v) is 2.58. The maximum atomic E-state index is 10.8. The van der Waals surface area contributed by atoms with Crippen molar-refractivity contribution in [2.75, 3.05) is 18.9 Å². The van der Waals surface area contributed by atoms with Gasteiger partial charge in [0.1, 0.15) is 0 Å². The van der Waals surface area contributed by atoms with Crippen LogP contribution in [0.3, 0.4) is 0 Å². The molecule has 10 heavy (non-hydrogen) atoms. The smallest absolute Gasteiger partial charge is 0.329 e. The summed E-state index contributed by atoms with van der Waals surface area (Å²) in [5.41, 5.74) is 0. The Morgan fingerprint density at radius 2 is 1.90 bits per heavy atom. The zero-order chi connectivity index (χ0) is 8.20. The molecule has 0 aromatic heterocycles. The highest BCUT2D eigenvalue weighted by Gasteiger charge is 2.35. The van der Waals surface area contributed by atoms with E-state index in [0.29, 0.717) is 0 Å². The molecular formula is C5H7Cl3O2. The summed E-state index contributed by atoms with van der Waals surface area (Å²) in [5, 5.41) is 0. The largest absolute Gasteiger partial charge is 0.468 e. The van der Waals surface area contributed by atoms with Crippen molar-refractivity contribution >= 4 is 40.8 Å². The van der Waals surface area contributed by atoms with Gasteiger partial charge in [0.25, 0.3) is 0 Å². The second-order valence-electron chi connectivity index (χ2n) is 1.72.